The van der Waals surface area contributed by atoms with Crippen LogP contribution in [0.2, 0.25) is 0 Å². The molecule has 0 atom stereocenters. The number of benzene rings is 1. The maximum absolute atomic E-state index is 12.2. The number of hydrogen-bond donors (Lipinski definition) is 1. The quantitative estimate of drug-likeness (QED) is 0.713. The van der Waals surface area contributed by atoms with E-state index in [0.717, 1.165) is 21.7 Å². The van der Waals surface area contributed by atoms with Gasteiger partial charge >= 0.3 is 0 Å². The van der Waals surface area contributed by atoms with Gasteiger partial charge in [-0.3, -0.25) is 0 Å². The molecule has 0 spiro atoms. The van der Waals surface area contributed by atoms with Gasteiger partial charge in [-0.2, -0.15) is 4.31 Å². The number of sulfonamides is 2. The lowest BCUT2D eigenvalue weighted by atomic mass is 10.1. The van der Waals surface area contributed by atoms with Gasteiger partial charge in [0.2, 0.25) is 20.0 Å². The molecule has 0 aromatic heterocycles. The minimum atomic E-state index is -3.65. The fourth-order valence-electron chi connectivity index (χ4n) is 1.81. The van der Waals surface area contributed by atoms with Crippen molar-refractivity contribution in [1.82, 2.24) is 9.03 Å². The van der Waals surface area contributed by atoms with Gasteiger partial charge in [-0.25, -0.2) is 21.6 Å². The second-order valence-corrected chi connectivity index (χ2v) is 8.80. The van der Waals surface area contributed by atoms with Crippen molar-refractivity contribution in [3.8, 4) is 0 Å². The molecule has 8 heteroatoms. The van der Waals surface area contributed by atoms with E-state index < -0.39 is 20.0 Å². The molecule has 1 N–H and O–H groups in total. The SMILES string of the molecule is C=CCN(CCNS(=O)(=O)c1ccc(C)c(C)c1)S(C)(=O)=O. The van der Waals surface area contributed by atoms with Gasteiger partial charge in [-0.15, -0.1) is 6.58 Å². The van der Waals surface area contributed by atoms with E-state index in [4.69, 9.17) is 0 Å². The molecular weight excluding hydrogens is 324 g/mol. The molecule has 0 fully saturated rings. The molecule has 0 bridgehead atoms. The first-order valence-corrected chi connectivity index (χ1v) is 10.0. The number of nitrogens with zero attached hydrogens (tertiary/aromatic N) is 1. The van der Waals surface area contributed by atoms with Crippen LogP contribution in [0.25, 0.3) is 0 Å². The summed E-state index contributed by atoms with van der Waals surface area (Å²) in [6.07, 6.45) is 2.53. The van der Waals surface area contributed by atoms with Gasteiger partial charge in [0.15, 0.2) is 0 Å². The maximum atomic E-state index is 12.2. The summed E-state index contributed by atoms with van der Waals surface area (Å²) in [4.78, 5) is 0.172. The normalized spacial score (nSPS) is 12.5. The summed E-state index contributed by atoms with van der Waals surface area (Å²) in [6.45, 7) is 7.42. The van der Waals surface area contributed by atoms with Crippen LogP contribution in [0.1, 0.15) is 11.1 Å². The fraction of sp³-hybridized carbons (Fsp3) is 0.429. The lowest BCUT2D eigenvalue weighted by Gasteiger charge is -2.18. The molecule has 0 heterocycles. The summed E-state index contributed by atoms with van der Waals surface area (Å²) >= 11 is 0. The molecule has 1 aromatic carbocycles. The molecule has 0 saturated carbocycles. The summed E-state index contributed by atoms with van der Waals surface area (Å²) in [5.74, 6) is 0. The average molecular weight is 346 g/mol. The summed E-state index contributed by atoms with van der Waals surface area (Å²) < 4.78 is 51.0. The summed E-state index contributed by atoms with van der Waals surface area (Å²) in [7, 11) is -7.05. The van der Waals surface area contributed by atoms with E-state index in [1.807, 2.05) is 13.8 Å². The molecule has 1 rings (SSSR count). The van der Waals surface area contributed by atoms with Crippen LogP contribution in [0.15, 0.2) is 35.7 Å². The highest BCUT2D eigenvalue weighted by Gasteiger charge is 2.18. The lowest BCUT2D eigenvalue weighted by molar-refractivity contribution is 0.447. The Morgan fingerprint density at radius 3 is 2.32 bits per heavy atom. The third-order valence-electron chi connectivity index (χ3n) is 3.24. The van der Waals surface area contributed by atoms with Crippen molar-refractivity contribution < 1.29 is 16.8 Å². The Morgan fingerprint density at radius 1 is 1.18 bits per heavy atom. The Labute approximate surface area is 132 Å². The molecule has 0 radical (unpaired) electrons. The Balaban J connectivity index is 2.77. The lowest BCUT2D eigenvalue weighted by Crippen LogP contribution is -2.38. The van der Waals surface area contributed by atoms with Crippen LogP contribution in [-0.2, 0) is 20.0 Å². The molecule has 0 unspecified atom stereocenters. The first-order valence-electron chi connectivity index (χ1n) is 6.71. The van der Waals surface area contributed by atoms with E-state index in [9.17, 15) is 16.8 Å². The predicted octanol–water partition coefficient (Wildman–Crippen LogP) is 1.03. The van der Waals surface area contributed by atoms with Crippen LogP contribution >= 0.6 is 0 Å². The first-order chi connectivity index (χ1) is 10.1. The maximum Gasteiger partial charge on any atom is 0.240 e. The van der Waals surface area contributed by atoms with Gasteiger partial charge in [0.25, 0.3) is 0 Å². The standard InChI is InChI=1S/C14H22N2O4S2/c1-5-9-16(21(4,17)18)10-8-15-22(19,20)14-7-6-12(2)13(3)11-14/h5-7,11,15H,1,8-10H2,2-4H3. The van der Waals surface area contributed by atoms with E-state index in [1.54, 1.807) is 12.1 Å². The van der Waals surface area contributed by atoms with Gasteiger partial charge in [0, 0.05) is 19.6 Å². The van der Waals surface area contributed by atoms with Crippen LogP contribution < -0.4 is 4.72 Å². The van der Waals surface area contributed by atoms with E-state index >= 15 is 0 Å². The molecular formula is C14H22N2O4S2. The average Bonchev–Trinajstić information content (AvgIpc) is 2.39. The van der Waals surface area contributed by atoms with Crippen molar-refractivity contribution >= 4 is 20.0 Å². The fourth-order valence-corrected chi connectivity index (χ4v) is 3.71. The van der Waals surface area contributed by atoms with Crippen molar-refractivity contribution in [1.29, 1.82) is 0 Å². The minimum Gasteiger partial charge on any atom is -0.212 e. The highest BCUT2D eigenvalue weighted by atomic mass is 32.2. The molecule has 1 aromatic rings. The van der Waals surface area contributed by atoms with Crippen LogP contribution in [0, 0.1) is 13.8 Å². The molecule has 0 aliphatic carbocycles. The number of aryl methyl sites for hydroxylation is 2. The zero-order valence-corrected chi connectivity index (χ0v) is 14.7. The van der Waals surface area contributed by atoms with Gasteiger partial charge in [-0.1, -0.05) is 12.1 Å². The van der Waals surface area contributed by atoms with Crippen LogP contribution in [0.5, 0.6) is 0 Å². The number of hydrogen-bond acceptors (Lipinski definition) is 4. The predicted molar refractivity (Wildman–Crippen MR) is 87.7 cm³/mol. The van der Waals surface area contributed by atoms with Gasteiger partial charge in [0.05, 0.1) is 11.2 Å². The van der Waals surface area contributed by atoms with Crippen molar-refractivity contribution in [2.45, 2.75) is 18.7 Å². The Hall–Kier alpha value is -1.22. The topological polar surface area (TPSA) is 83.6 Å². The Kier molecular flexibility index (Phi) is 6.30. The van der Waals surface area contributed by atoms with Gasteiger partial charge in [0.1, 0.15) is 0 Å². The zero-order valence-electron chi connectivity index (χ0n) is 13.0. The van der Waals surface area contributed by atoms with Crippen LogP contribution in [-0.4, -0.2) is 47.0 Å². The Morgan fingerprint density at radius 2 is 1.82 bits per heavy atom. The highest BCUT2D eigenvalue weighted by molar-refractivity contribution is 7.89. The van der Waals surface area contributed by atoms with Crippen molar-refractivity contribution in [2.24, 2.45) is 0 Å². The second kappa shape index (κ2) is 7.36. The van der Waals surface area contributed by atoms with Gasteiger partial charge in [-0.05, 0) is 37.1 Å². The smallest absolute Gasteiger partial charge is 0.212 e. The first kappa shape index (κ1) is 18.8. The van der Waals surface area contributed by atoms with Crippen molar-refractivity contribution in [3.63, 3.8) is 0 Å². The third-order valence-corrected chi connectivity index (χ3v) is 5.97. The number of nitrogens with one attached hydrogen (secondary N) is 1. The molecule has 6 nitrogen and oxygen atoms in total. The van der Waals surface area contributed by atoms with Gasteiger partial charge < -0.3 is 0 Å². The molecule has 124 valence electrons. The summed E-state index contributed by atoms with van der Waals surface area (Å²) in [5, 5.41) is 0. The van der Waals surface area contributed by atoms with E-state index in [-0.39, 0.29) is 24.5 Å². The second-order valence-electron chi connectivity index (χ2n) is 5.05. The monoisotopic (exact) mass is 346 g/mol. The largest absolute Gasteiger partial charge is 0.240 e. The molecule has 0 aliphatic heterocycles. The Bertz CT molecular complexity index is 740. The van der Waals surface area contributed by atoms with E-state index in [2.05, 4.69) is 11.3 Å². The summed E-state index contributed by atoms with van der Waals surface area (Å²) in [5.41, 5.74) is 1.89. The molecule has 22 heavy (non-hydrogen) atoms. The highest BCUT2D eigenvalue weighted by Crippen LogP contribution is 2.14. The van der Waals surface area contributed by atoms with Crippen molar-refractivity contribution in [3.05, 3.63) is 42.0 Å². The number of rotatable bonds is 8. The van der Waals surface area contributed by atoms with Crippen LogP contribution in [0.3, 0.4) is 0 Å². The molecule has 0 saturated heterocycles. The molecule has 0 amide bonds. The van der Waals surface area contributed by atoms with E-state index in [1.165, 1.54) is 12.1 Å². The third kappa shape index (κ3) is 5.20. The van der Waals surface area contributed by atoms with Crippen LogP contribution in [0.4, 0.5) is 0 Å². The zero-order chi connectivity index (χ0) is 17.0. The molecule has 0 aliphatic rings. The van der Waals surface area contributed by atoms with Crippen molar-refractivity contribution in [2.75, 3.05) is 25.9 Å². The van der Waals surface area contributed by atoms with E-state index in [0.29, 0.717) is 0 Å². The minimum absolute atomic E-state index is 0.00380. The summed E-state index contributed by atoms with van der Waals surface area (Å²) in [6, 6.07) is 4.86.